The number of hydrogen-bond donors (Lipinski definition) is 0. The first kappa shape index (κ1) is 8.88. The first-order chi connectivity index (χ1) is 6.92. The Kier molecular flexibility index (Phi) is 2.54. The van der Waals surface area contributed by atoms with Gasteiger partial charge in [-0.25, -0.2) is 0 Å². The molecule has 0 saturated heterocycles. The van der Waals surface area contributed by atoms with Crippen LogP contribution >= 0.6 is 0 Å². The van der Waals surface area contributed by atoms with Crippen LogP contribution in [-0.2, 0) is 9.47 Å². The van der Waals surface area contributed by atoms with Crippen LogP contribution in [0, 0.1) is 0 Å². The molecule has 72 valence electrons. The van der Waals surface area contributed by atoms with E-state index in [1.165, 1.54) is 0 Å². The third-order valence-corrected chi connectivity index (χ3v) is 2.15. The Morgan fingerprint density at radius 3 is 2.71 bits per heavy atom. The second-order valence-corrected chi connectivity index (χ2v) is 3.03. The third-order valence-electron chi connectivity index (χ3n) is 2.15. The predicted molar refractivity (Wildman–Crippen MR) is 54.5 cm³/mol. The Morgan fingerprint density at radius 2 is 2.00 bits per heavy atom. The van der Waals surface area contributed by atoms with Crippen LogP contribution in [0.25, 0.3) is 0 Å². The summed E-state index contributed by atoms with van der Waals surface area (Å²) in [5.74, 6) is 0.832. The minimum Gasteiger partial charge on any atom is -0.497 e. The topological polar surface area (TPSA) is 18.5 Å². The van der Waals surface area contributed by atoms with Gasteiger partial charge in [0.15, 0.2) is 6.10 Å². The summed E-state index contributed by atoms with van der Waals surface area (Å²) < 4.78 is 10.7. The van der Waals surface area contributed by atoms with Gasteiger partial charge in [-0.3, -0.25) is 0 Å². The van der Waals surface area contributed by atoms with Gasteiger partial charge in [0.2, 0.25) is 0 Å². The minimum absolute atomic E-state index is 0.105. The Hall–Kier alpha value is -1.70. The molecule has 0 N–H and O–H groups in total. The van der Waals surface area contributed by atoms with Crippen molar-refractivity contribution in [3.05, 3.63) is 60.1 Å². The van der Waals surface area contributed by atoms with Crippen LogP contribution in [0.1, 0.15) is 11.7 Å². The lowest BCUT2D eigenvalue weighted by atomic mass is 10.1. The maximum atomic E-state index is 5.49. The number of allylic oxidation sites excluding steroid dienone is 2. The largest absolute Gasteiger partial charge is 0.497 e. The smallest absolute Gasteiger partial charge is 0.179 e. The van der Waals surface area contributed by atoms with Crippen molar-refractivity contribution >= 4 is 0 Å². The molecule has 2 rings (SSSR count). The average Bonchev–Trinajstić information content (AvgIpc) is 2.30. The van der Waals surface area contributed by atoms with Gasteiger partial charge in [-0.1, -0.05) is 30.3 Å². The summed E-state index contributed by atoms with van der Waals surface area (Å²) >= 11 is 0. The van der Waals surface area contributed by atoms with Crippen LogP contribution in [0.2, 0.25) is 0 Å². The molecule has 0 radical (unpaired) electrons. The molecule has 1 aromatic rings. The van der Waals surface area contributed by atoms with Gasteiger partial charge in [-0.2, -0.15) is 0 Å². The van der Waals surface area contributed by atoms with Crippen molar-refractivity contribution in [1.82, 2.24) is 0 Å². The number of rotatable bonds is 2. The molecule has 1 atom stereocenters. The molecule has 0 fully saturated rings. The number of ether oxygens (including phenoxy) is 2. The van der Waals surface area contributed by atoms with Crippen molar-refractivity contribution in [3.63, 3.8) is 0 Å². The highest BCUT2D eigenvalue weighted by Gasteiger charge is 2.18. The lowest BCUT2D eigenvalue weighted by Crippen LogP contribution is -2.08. The first-order valence-corrected chi connectivity index (χ1v) is 4.53. The highest BCUT2D eigenvalue weighted by atomic mass is 16.5. The molecule has 1 aromatic carbocycles. The van der Waals surface area contributed by atoms with E-state index in [2.05, 4.69) is 0 Å². The van der Waals surface area contributed by atoms with Gasteiger partial charge in [0.1, 0.15) is 5.76 Å². The highest BCUT2D eigenvalue weighted by Crippen LogP contribution is 2.28. The van der Waals surface area contributed by atoms with Crippen molar-refractivity contribution in [2.45, 2.75) is 6.10 Å². The van der Waals surface area contributed by atoms with E-state index in [4.69, 9.17) is 9.47 Å². The van der Waals surface area contributed by atoms with E-state index < -0.39 is 0 Å². The van der Waals surface area contributed by atoms with E-state index in [-0.39, 0.29) is 6.10 Å². The predicted octanol–water partition coefficient (Wildman–Crippen LogP) is 2.80. The van der Waals surface area contributed by atoms with Crippen molar-refractivity contribution in [2.24, 2.45) is 0 Å². The van der Waals surface area contributed by atoms with E-state index in [0.29, 0.717) is 0 Å². The second-order valence-electron chi connectivity index (χ2n) is 3.03. The summed E-state index contributed by atoms with van der Waals surface area (Å²) in [6, 6.07) is 10.0. The fourth-order valence-corrected chi connectivity index (χ4v) is 1.46. The van der Waals surface area contributed by atoms with E-state index in [1.807, 2.05) is 42.5 Å². The van der Waals surface area contributed by atoms with E-state index in [1.54, 1.807) is 13.4 Å². The van der Waals surface area contributed by atoms with E-state index in [9.17, 15) is 0 Å². The summed E-state index contributed by atoms with van der Waals surface area (Å²) in [4.78, 5) is 0. The Labute approximate surface area is 83.5 Å². The molecular formula is C12H12O2. The molecule has 0 spiro atoms. The first-order valence-electron chi connectivity index (χ1n) is 4.53. The molecule has 0 amide bonds. The molecule has 0 aliphatic carbocycles. The van der Waals surface area contributed by atoms with Crippen LogP contribution < -0.4 is 0 Å². The molecule has 1 unspecified atom stereocenters. The molecule has 14 heavy (non-hydrogen) atoms. The molecule has 1 heterocycles. The zero-order valence-corrected chi connectivity index (χ0v) is 8.01. The van der Waals surface area contributed by atoms with Crippen molar-refractivity contribution in [1.29, 1.82) is 0 Å². The highest BCUT2D eigenvalue weighted by molar-refractivity contribution is 5.27. The van der Waals surface area contributed by atoms with Gasteiger partial charge < -0.3 is 9.47 Å². The third kappa shape index (κ3) is 1.64. The molecule has 0 saturated carbocycles. The van der Waals surface area contributed by atoms with Gasteiger partial charge >= 0.3 is 0 Å². The van der Waals surface area contributed by atoms with Gasteiger partial charge in [0.25, 0.3) is 0 Å². The normalized spacial score (nSPS) is 19.8. The monoisotopic (exact) mass is 188 g/mol. The minimum atomic E-state index is -0.105. The SMILES string of the molecule is COC1=CC=COC1c1ccccc1. The lowest BCUT2D eigenvalue weighted by molar-refractivity contribution is 0.104. The van der Waals surface area contributed by atoms with Crippen LogP contribution in [0.5, 0.6) is 0 Å². The van der Waals surface area contributed by atoms with Crippen LogP contribution in [0.15, 0.2) is 54.5 Å². The molecule has 0 aromatic heterocycles. The standard InChI is InChI=1S/C12H12O2/c1-13-11-8-5-9-14-12(11)10-6-3-2-4-7-10/h2-9,12H,1H3. The van der Waals surface area contributed by atoms with Crippen molar-refractivity contribution in [2.75, 3.05) is 7.11 Å². The molecule has 1 aliphatic rings. The van der Waals surface area contributed by atoms with Crippen molar-refractivity contribution < 1.29 is 9.47 Å². The summed E-state index contributed by atoms with van der Waals surface area (Å²) in [6.45, 7) is 0. The summed E-state index contributed by atoms with van der Waals surface area (Å²) in [6.07, 6.45) is 5.32. The van der Waals surface area contributed by atoms with Crippen molar-refractivity contribution in [3.8, 4) is 0 Å². The second kappa shape index (κ2) is 4.01. The number of methoxy groups -OCH3 is 1. The van der Waals surface area contributed by atoms with E-state index in [0.717, 1.165) is 11.3 Å². The van der Waals surface area contributed by atoms with E-state index >= 15 is 0 Å². The fraction of sp³-hybridized carbons (Fsp3) is 0.167. The number of hydrogen-bond acceptors (Lipinski definition) is 2. The quantitative estimate of drug-likeness (QED) is 0.710. The van der Waals surface area contributed by atoms with Gasteiger partial charge in [-0.05, 0) is 17.7 Å². The lowest BCUT2D eigenvalue weighted by Gasteiger charge is -2.21. The molecule has 2 nitrogen and oxygen atoms in total. The van der Waals surface area contributed by atoms with Gasteiger partial charge in [0, 0.05) is 0 Å². The summed E-state index contributed by atoms with van der Waals surface area (Å²) in [7, 11) is 1.66. The summed E-state index contributed by atoms with van der Waals surface area (Å²) in [5.41, 5.74) is 1.10. The molecule has 2 heteroatoms. The zero-order valence-electron chi connectivity index (χ0n) is 8.01. The number of benzene rings is 1. The Morgan fingerprint density at radius 1 is 1.21 bits per heavy atom. The molecule has 0 bridgehead atoms. The van der Waals surface area contributed by atoms with Crippen LogP contribution in [0.4, 0.5) is 0 Å². The maximum absolute atomic E-state index is 5.49. The average molecular weight is 188 g/mol. The van der Waals surface area contributed by atoms with Gasteiger partial charge in [-0.15, -0.1) is 0 Å². The maximum Gasteiger partial charge on any atom is 0.179 e. The summed E-state index contributed by atoms with van der Waals surface area (Å²) in [5, 5.41) is 0. The molecule has 1 aliphatic heterocycles. The Balaban J connectivity index is 2.27. The molecular weight excluding hydrogens is 176 g/mol. The fourth-order valence-electron chi connectivity index (χ4n) is 1.46. The zero-order chi connectivity index (χ0) is 9.80. The Bertz CT molecular complexity index is 352. The van der Waals surface area contributed by atoms with Crippen LogP contribution in [-0.4, -0.2) is 7.11 Å². The van der Waals surface area contributed by atoms with Gasteiger partial charge in [0.05, 0.1) is 13.4 Å². The van der Waals surface area contributed by atoms with Crippen LogP contribution in [0.3, 0.4) is 0 Å².